The number of alkyl halides is 3. The average molecular weight is 416 g/mol. The number of esters is 1. The van der Waals surface area contributed by atoms with Crippen LogP contribution >= 0.6 is 11.8 Å². The van der Waals surface area contributed by atoms with Gasteiger partial charge in [0.1, 0.15) is 0 Å². The Kier molecular flexibility index (Phi) is 6.60. The maximum atomic E-state index is 12.3. The predicted molar refractivity (Wildman–Crippen MR) is 98.8 cm³/mol. The number of halogens is 3. The van der Waals surface area contributed by atoms with Crippen LogP contribution in [0.5, 0.6) is 0 Å². The van der Waals surface area contributed by atoms with Crippen LogP contribution in [0.2, 0.25) is 0 Å². The zero-order chi connectivity index (χ0) is 20.9. The average Bonchev–Trinajstić information content (AvgIpc) is 2.99. The molecule has 0 saturated carbocycles. The molecule has 1 aromatic heterocycles. The van der Waals surface area contributed by atoms with Gasteiger partial charge < -0.3 is 15.4 Å². The first-order valence-electron chi connectivity index (χ1n) is 8.06. The van der Waals surface area contributed by atoms with Crippen molar-refractivity contribution in [1.82, 2.24) is 9.78 Å². The van der Waals surface area contributed by atoms with Gasteiger partial charge in [-0.15, -0.1) is 0 Å². The van der Waals surface area contributed by atoms with E-state index in [2.05, 4.69) is 15.7 Å². The number of thioether (sulfide) groups is 1. The molecule has 2 aromatic rings. The topological polar surface area (TPSA) is 85.2 Å². The highest BCUT2D eigenvalue weighted by molar-refractivity contribution is 8.00. The molecule has 152 valence electrons. The molecule has 2 N–H and O–H groups in total. The number of nitrogens with zero attached hydrogens (tertiary/aromatic N) is 2. The van der Waals surface area contributed by atoms with Gasteiger partial charge in [0.15, 0.2) is 6.73 Å². The Bertz CT molecular complexity index is 829. The van der Waals surface area contributed by atoms with E-state index in [4.69, 9.17) is 4.74 Å². The van der Waals surface area contributed by atoms with E-state index in [-0.39, 0.29) is 29.4 Å². The molecule has 2 amide bonds. The molecule has 1 aromatic carbocycles. The molecule has 1 heterocycles. The van der Waals surface area contributed by atoms with E-state index in [9.17, 15) is 22.8 Å². The Labute approximate surface area is 163 Å². The number of hydrogen-bond acceptors (Lipinski definition) is 5. The van der Waals surface area contributed by atoms with Crippen molar-refractivity contribution < 1.29 is 27.5 Å². The van der Waals surface area contributed by atoms with Gasteiger partial charge in [0.05, 0.1) is 23.5 Å². The van der Waals surface area contributed by atoms with E-state index >= 15 is 0 Å². The molecular weight excluding hydrogens is 397 g/mol. The van der Waals surface area contributed by atoms with Crippen LogP contribution in [0.4, 0.5) is 29.3 Å². The minimum atomic E-state index is -4.37. The number of nitrogens with one attached hydrogen (secondary N) is 2. The normalized spacial score (nSPS) is 11.8. The van der Waals surface area contributed by atoms with Gasteiger partial charge in [0.2, 0.25) is 0 Å². The third-order valence-electron chi connectivity index (χ3n) is 3.18. The summed E-state index contributed by atoms with van der Waals surface area (Å²) in [4.78, 5) is 23.7. The summed E-state index contributed by atoms with van der Waals surface area (Å²) < 4.78 is 43.3. The minimum Gasteiger partial charge on any atom is -0.442 e. The van der Waals surface area contributed by atoms with Gasteiger partial charge in [-0.3, -0.25) is 4.79 Å². The predicted octanol–water partition coefficient (Wildman–Crippen LogP) is 4.69. The first-order valence-corrected chi connectivity index (χ1v) is 8.87. The summed E-state index contributed by atoms with van der Waals surface area (Å²) >= 11 is -0.234. The molecule has 0 aliphatic heterocycles. The maximum Gasteiger partial charge on any atom is 0.446 e. The van der Waals surface area contributed by atoms with Crippen molar-refractivity contribution in [2.45, 2.75) is 37.9 Å². The molecule has 0 aliphatic rings. The molecule has 0 fully saturated rings. The lowest BCUT2D eigenvalue weighted by Gasteiger charge is -2.16. The fraction of sp³-hybridized carbons (Fsp3) is 0.353. The summed E-state index contributed by atoms with van der Waals surface area (Å²) in [5, 5.41) is 8.98. The second-order valence-electron chi connectivity index (χ2n) is 6.73. The van der Waals surface area contributed by atoms with Crippen molar-refractivity contribution in [2.24, 2.45) is 5.41 Å². The Morgan fingerprint density at radius 3 is 2.29 bits per heavy atom. The Morgan fingerprint density at radius 1 is 1.11 bits per heavy atom. The van der Waals surface area contributed by atoms with Crippen molar-refractivity contribution >= 4 is 35.1 Å². The summed E-state index contributed by atoms with van der Waals surface area (Å²) in [6.07, 6.45) is 2.84. The molecule has 28 heavy (non-hydrogen) atoms. The van der Waals surface area contributed by atoms with Crippen LogP contribution in [0, 0.1) is 5.41 Å². The van der Waals surface area contributed by atoms with Crippen LogP contribution in [0.25, 0.3) is 0 Å². The first-order chi connectivity index (χ1) is 12.9. The number of urea groups is 1. The molecule has 0 saturated heterocycles. The van der Waals surface area contributed by atoms with Crippen molar-refractivity contribution in [3.8, 4) is 0 Å². The number of carbonyl (C=O) groups excluding carboxylic acids is 2. The second kappa shape index (κ2) is 8.55. The van der Waals surface area contributed by atoms with Gasteiger partial charge >= 0.3 is 17.5 Å². The lowest BCUT2D eigenvalue weighted by Crippen LogP contribution is -2.24. The molecule has 0 unspecified atom stereocenters. The Balaban J connectivity index is 1.85. The highest BCUT2D eigenvalue weighted by Gasteiger charge is 2.29. The summed E-state index contributed by atoms with van der Waals surface area (Å²) in [6, 6.07) is 4.65. The van der Waals surface area contributed by atoms with E-state index in [1.807, 2.05) is 0 Å². The third kappa shape index (κ3) is 7.14. The second-order valence-corrected chi connectivity index (χ2v) is 7.87. The summed E-state index contributed by atoms with van der Waals surface area (Å²) in [5.74, 6) is -0.387. The van der Waals surface area contributed by atoms with Crippen LogP contribution in [0.3, 0.4) is 0 Å². The molecule has 0 atom stereocenters. The number of anilines is 2. The molecule has 0 radical (unpaired) electrons. The van der Waals surface area contributed by atoms with Gasteiger partial charge in [-0.05, 0) is 56.8 Å². The SMILES string of the molecule is CC(C)(C)C(=O)OCn1cc(NC(=O)Nc2ccc(SC(F)(F)F)cc2)cn1. The fourth-order valence-corrected chi connectivity index (χ4v) is 2.41. The van der Waals surface area contributed by atoms with E-state index in [1.54, 1.807) is 20.8 Å². The van der Waals surface area contributed by atoms with Gasteiger partial charge in [0.25, 0.3) is 0 Å². The number of hydrogen-bond donors (Lipinski definition) is 2. The summed E-state index contributed by atoms with van der Waals surface area (Å²) in [7, 11) is 0. The summed E-state index contributed by atoms with van der Waals surface area (Å²) in [6.45, 7) is 5.08. The molecule has 0 aliphatic carbocycles. The van der Waals surface area contributed by atoms with Crippen molar-refractivity contribution in [3.63, 3.8) is 0 Å². The van der Waals surface area contributed by atoms with Crippen LogP contribution in [0.15, 0.2) is 41.6 Å². The number of ether oxygens (including phenoxy) is 1. The van der Waals surface area contributed by atoms with Gasteiger partial charge in [-0.1, -0.05) is 0 Å². The number of amides is 2. The monoisotopic (exact) mass is 416 g/mol. The lowest BCUT2D eigenvalue weighted by molar-refractivity contribution is -0.157. The number of carbonyl (C=O) groups is 2. The zero-order valence-corrected chi connectivity index (χ0v) is 16.1. The number of aromatic nitrogens is 2. The fourth-order valence-electron chi connectivity index (χ4n) is 1.87. The summed E-state index contributed by atoms with van der Waals surface area (Å²) in [5.41, 5.74) is -4.32. The van der Waals surface area contributed by atoms with Gasteiger partial charge in [-0.2, -0.15) is 18.3 Å². The van der Waals surface area contributed by atoms with Crippen LogP contribution in [0.1, 0.15) is 20.8 Å². The quantitative estimate of drug-likeness (QED) is 0.546. The van der Waals surface area contributed by atoms with Crippen LogP contribution in [-0.4, -0.2) is 27.3 Å². The molecule has 7 nitrogen and oxygen atoms in total. The third-order valence-corrected chi connectivity index (χ3v) is 3.92. The smallest absolute Gasteiger partial charge is 0.442 e. The molecule has 0 bridgehead atoms. The van der Waals surface area contributed by atoms with E-state index < -0.39 is 17.0 Å². The largest absolute Gasteiger partial charge is 0.446 e. The Hall–Kier alpha value is -2.69. The lowest BCUT2D eigenvalue weighted by atomic mass is 9.98. The van der Waals surface area contributed by atoms with E-state index in [0.717, 1.165) is 0 Å². The highest BCUT2D eigenvalue weighted by Crippen LogP contribution is 2.37. The van der Waals surface area contributed by atoms with E-state index in [1.165, 1.54) is 41.3 Å². The zero-order valence-electron chi connectivity index (χ0n) is 15.3. The van der Waals surface area contributed by atoms with Gasteiger partial charge in [0, 0.05) is 10.6 Å². The molecular formula is C17H19F3N4O3S. The van der Waals surface area contributed by atoms with Gasteiger partial charge in [-0.25, -0.2) is 9.48 Å². The van der Waals surface area contributed by atoms with Crippen molar-refractivity contribution in [2.75, 3.05) is 10.6 Å². The van der Waals surface area contributed by atoms with Crippen LogP contribution < -0.4 is 10.6 Å². The first kappa shape index (κ1) is 21.6. The van der Waals surface area contributed by atoms with E-state index in [0.29, 0.717) is 11.4 Å². The van der Waals surface area contributed by atoms with Crippen LogP contribution in [-0.2, 0) is 16.3 Å². The highest BCUT2D eigenvalue weighted by atomic mass is 32.2. The van der Waals surface area contributed by atoms with Crippen molar-refractivity contribution in [1.29, 1.82) is 0 Å². The Morgan fingerprint density at radius 2 is 1.71 bits per heavy atom. The van der Waals surface area contributed by atoms with Crippen molar-refractivity contribution in [3.05, 3.63) is 36.7 Å². The molecule has 2 rings (SSSR count). The minimum absolute atomic E-state index is 0.0181. The standard InChI is InChI=1S/C17H19F3N4O3S/c1-16(2,3)14(25)27-10-24-9-12(8-21-24)23-15(26)22-11-4-6-13(7-5-11)28-17(18,19)20/h4-9H,10H2,1-3H3,(H2,22,23,26). The maximum absolute atomic E-state index is 12.3. The number of rotatable bonds is 5. The molecule has 0 spiro atoms. The molecule has 11 heteroatoms. The number of benzene rings is 1.